The van der Waals surface area contributed by atoms with Gasteiger partial charge in [0.2, 0.25) is 0 Å². The molecule has 2 aromatic carbocycles. The van der Waals surface area contributed by atoms with Crippen LogP contribution in [-0.2, 0) is 6.54 Å². The summed E-state index contributed by atoms with van der Waals surface area (Å²) in [5.41, 5.74) is 5.40. The third kappa shape index (κ3) is 3.21. The molecular weight excluding hydrogens is 218 g/mol. The van der Waals surface area contributed by atoms with Crippen LogP contribution in [0.15, 0.2) is 48.5 Å². The molecule has 0 aliphatic rings. The van der Waals surface area contributed by atoms with Crippen LogP contribution in [0, 0.1) is 13.8 Å². The van der Waals surface area contributed by atoms with Crippen molar-refractivity contribution in [2.75, 3.05) is 0 Å². The van der Waals surface area contributed by atoms with E-state index in [1.807, 2.05) is 0 Å². The van der Waals surface area contributed by atoms with Crippen molar-refractivity contribution in [3.63, 3.8) is 0 Å². The summed E-state index contributed by atoms with van der Waals surface area (Å²) in [6.45, 7) is 7.44. The maximum absolute atomic E-state index is 3.58. The monoisotopic (exact) mass is 239 g/mol. The molecule has 2 rings (SSSR count). The van der Waals surface area contributed by atoms with E-state index in [0.29, 0.717) is 6.04 Å². The predicted octanol–water partition coefficient (Wildman–Crippen LogP) is 4.15. The molecule has 2 aromatic rings. The lowest BCUT2D eigenvalue weighted by Gasteiger charge is -2.15. The first-order valence-electron chi connectivity index (χ1n) is 6.51. The van der Waals surface area contributed by atoms with Crippen molar-refractivity contribution in [3.8, 4) is 0 Å². The highest BCUT2D eigenvalue weighted by atomic mass is 14.9. The molecule has 0 unspecified atom stereocenters. The molecule has 1 N–H and O–H groups in total. The van der Waals surface area contributed by atoms with Crippen molar-refractivity contribution in [1.29, 1.82) is 0 Å². The van der Waals surface area contributed by atoms with Gasteiger partial charge in [-0.25, -0.2) is 0 Å². The predicted molar refractivity (Wildman–Crippen MR) is 77.6 cm³/mol. The fraction of sp³-hybridized carbons (Fsp3) is 0.294. The molecule has 0 aliphatic carbocycles. The quantitative estimate of drug-likeness (QED) is 0.845. The Labute approximate surface area is 110 Å². The average molecular weight is 239 g/mol. The van der Waals surface area contributed by atoms with E-state index >= 15 is 0 Å². The van der Waals surface area contributed by atoms with Gasteiger partial charge in [0, 0.05) is 12.6 Å². The van der Waals surface area contributed by atoms with Crippen molar-refractivity contribution in [3.05, 3.63) is 70.8 Å². The Bertz CT molecular complexity index is 502. The third-order valence-corrected chi connectivity index (χ3v) is 3.40. The molecule has 0 amide bonds. The Balaban J connectivity index is 1.99. The highest BCUT2D eigenvalue weighted by Gasteiger charge is 2.05. The minimum atomic E-state index is 0.381. The van der Waals surface area contributed by atoms with Gasteiger partial charge in [-0.2, -0.15) is 0 Å². The van der Waals surface area contributed by atoms with E-state index in [4.69, 9.17) is 0 Å². The highest BCUT2D eigenvalue weighted by molar-refractivity contribution is 5.30. The van der Waals surface area contributed by atoms with Gasteiger partial charge in [0.15, 0.2) is 0 Å². The van der Waals surface area contributed by atoms with Crippen molar-refractivity contribution >= 4 is 0 Å². The molecule has 0 saturated carbocycles. The van der Waals surface area contributed by atoms with Gasteiger partial charge < -0.3 is 5.32 Å². The molecule has 0 saturated heterocycles. The van der Waals surface area contributed by atoms with Gasteiger partial charge in [-0.3, -0.25) is 0 Å². The normalized spacial score (nSPS) is 12.4. The number of aryl methyl sites for hydroxylation is 2. The Kier molecular flexibility index (Phi) is 4.16. The summed E-state index contributed by atoms with van der Waals surface area (Å²) >= 11 is 0. The second-order valence-corrected chi connectivity index (χ2v) is 4.94. The zero-order valence-electron chi connectivity index (χ0n) is 11.4. The number of rotatable bonds is 4. The van der Waals surface area contributed by atoms with E-state index in [1.165, 1.54) is 22.3 Å². The van der Waals surface area contributed by atoms with Crippen LogP contribution < -0.4 is 5.32 Å². The van der Waals surface area contributed by atoms with Crippen molar-refractivity contribution < 1.29 is 0 Å². The van der Waals surface area contributed by atoms with Crippen LogP contribution in [0.5, 0.6) is 0 Å². The van der Waals surface area contributed by atoms with E-state index in [-0.39, 0.29) is 0 Å². The summed E-state index contributed by atoms with van der Waals surface area (Å²) in [6.07, 6.45) is 0. The molecular formula is C17H21N. The Hall–Kier alpha value is -1.60. The molecule has 0 spiro atoms. The zero-order valence-corrected chi connectivity index (χ0v) is 11.4. The second-order valence-electron chi connectivity index (χ2n) is 4.94. The van der Waals surface area contributed by atoms with Gasteiger partial charge in [0.25, 0.3) is 0 Å². The minimum Gasteiger partial charge on any atom is -0.306 e. The number of hydrogen-bond acceptors (Lipinski definition) is 1. The molecule has 1 nitrogen and oxygen atoms in total. The summed E-state index contributed by atoms with van der Waals surface area (Å²) in [7, 11) is 0. The smallest absolute Gasteiger partial charge is 0.0294 e. The lowest BCUT2D eigenvalue weighted by Crippen LogP contribution is -2.18. The molecule has 1 heteroatoms. The molecule has 0 bridgehead atoms. The maximum Gasteiger partial charge on any atom is 0.0294 e. The first kappa shape index (κ1) is 12.8. The summed E-state index contributed by atoms with van der Waals surface area (Å²) < 4.78 is 0. The number of hydrogen-bond donors (Lipinski definition) is 1. The van der Waals surface area contributed by atoms with Crippen LogP contribution in [0.1, 0.15) is 35.2 Å². The van der Waals surface area contributed by atoms with Gasteiger partial charge in [-0.1, -0.05) is 54.1 Å². The fourth-order valence-electron chi connectivity index (χ4n) is 2.17. The van der Waals surface area contributed by atoms with E-state index in [0.717, 1.165) is 6.54 Å². The first-order valence-corrected chi connectivity index (χ1v) is 6.51. The first-order chi connectivity index (χ1) is 8.66. The van der Waals surface area contributed by atoms with E-state index in [1.54, 1.807) is 0 Å². The Morgan fingerprint density at radius 2 is 1.72 bits per heavy atom. The molecule has 0 fully saturated rings. The molecule has 0 heterocycles. The Morgan fingerprint density at radius 1 is 1.00 bits per heavy atom. The third-order valence-electron chi connectivity index (χ3n) is 3.40. The van der Waals surface area contributed by atoms with Crippen LogP contribution in [0.2, 0.25) is 0 Å². The SMILES string of the molecule is Cc1ccc(CN[C@@H](C)c2ccccc2)c(C)c1. The zero-order chi connectivity index (χ0) is 13.0. The van der Waals surface area contributed by atoms with Crippen molar-refractivity contribution in [2.45, 2.75) is 33.4 Å². The maximum atomic E-state index is 3.58. The van der Waals surface area contributed by atoms with Crippen LogP contribution in [0.4, 0.5) is 0 Å². The van der Waals surface area contributed by atoms with Crippen molar-refractivity contribution in [2.24, 2.45) is 0 Å². The average Bonchev–Trinajstić information content (AvgIpc) is 2.38. The lowest BCUT2D eigenvalue weighted by molar-refractivity contribution is 0.573. The lowest BCUT2D eigenvalue weighted by atomic mass is 10.0. The summed E-state index contributed by atoms with van der Waals surface area (Å²) in [5.74, 6) is 0. The fourth-order valence-corrected chi connectivity index (χ4v) is 2.17. The van der Waals surface area contributed by atoms with Crippen LogP contribution in [0.25, 0.3) is 0 Å². The standard InChI is InChI=1S/C17H21N/c1-13-9-10-17(14(2)11-13)12-18-15(3)16-7-5-4-6-8-16/h4-11,15,18H,12H2,1-3H3/t15-/m0/s1. The van der Waals surface area contributed by atoms with E-state index in [2.05, 4.69) is 74.6 Å². The number of nitrogens with one attached hydrogen (secondary N) is 1. The van der Waals surface area contributed by atoms with Gasteiger partial charge >= 0.3 is 0 Å². The summed E-state index contributed by atoms with van der Waals surface area (Å²) in [4.78, 5) is 0. The van der Waals surface area contributed by atoms with E-state index in [9.17, 15) is 0 Å². The summed E-state index contributed by atoms with van der Waals surface area (Å²) in [6, 6.07) is 17.6. The molecule has 18 heavy (non-hydrogen) atoms. The molecule has 94 valence electrons. The largest absolute Gasteiger partial charge is 0.306 e. The molecule has 1 atom stereocenters. The highest BCUT2D eigenvalue weighted by Crippen LogP contribution is 2.14. The van der Waals surface area contributed by atoms with Crippen LogP contribution >= 0.6 is 0 Å². The van der Waals surface area contributed by atoms with E-state index < -0.39 is 0 Å². The summed E-state index contributed by atoms with van der Waals surface area (Å²) in [5, 5.41) is 3.58. The van der Waals surface area contributed by atoms with Crippen LogP contribution in [0.3, 0.4) is 0 Å². The minimum absolute atomic E-state index is 0.381. The van der Waals surface area contributed by atoms with Gasteiger partial charge in [-0.15, -0.1) is 0 Å². The van der Waals surface area contributed by atoms with Crippen LogP contribution in [-0.4, -0.2) is 0 Å². The van der Waals surface area contributed by atoms with Crippen molar-refractivity contribution in [1.82, 2.24) is 5.32 Å². The van der Waals surface area contributed by atoms with Gasteiger partial charge in [-0.05, 0) is 37.5 Å². The van der Waals surface area contributed by atoms with Gasteiger partial charge in [0.1, 0.15) is 0 Å². The molecule has 0 aliphatic heterocycles. The molecule has 0 radical (unpaired) electrons. The van der Waals surface area contributed by atoms with Gasteiger partial charge in [0.05, 0.1) is 0 Å². The second kappa shape index (κ2) is 5.83. The molecule has 0 aromatic heterocycles. The topological polar surface area (TPSA) is 12.0 Å². The number of benzene rings is 2. The Morgan fingerprint density at radius 3 is 2.39 bits per heavy atom.